The summed E-state index contributed by atoms with van der Waals surface area (Å²) in [6, 6.07) is 2.44. The largest absolute Gasteiger partial charge is 0.353 e. The first kappa shape index (κ1) is 11.0. The smallest absolute Gasteiger partial charge is 0.147 e. The first-order chi connectivity index (χ1) is 7.22. The van der Waals surface area contributed by atoms with Gasteiger partial charge in [0.2, 0.25) is 0 Å². The van der Waals surface area contributed by atoms with Crippen LogP contribution in [0.15, 0.2) is 12.3 Å². The van der Waals surface area contributed by atoms with E-state index in [9.17, 15) is 0 Å². The molecule has 0 radical (unpaired) electrons. The summed E-state index contributed by atoms with van der Waals surface area (Å²) >= 11 is 11.9. The van der Waals surface area contributed by atoms with Crippen LogP contribution < -0.4 is 4.90 Å². The Hall–Kier alpha value is -0.470. The van der Waals surface area contributed by atoms with Crippen LogP contribution in [0.1, 0.15) is 25.3 Å². The molecule has 1 fully saturated rings. The van der Waals surface area contributed by atoms with Gasteiger partial charge in [-0.15, -0.1) is 11.6 Å². The van der Waals surface area contributed by atoms with E-state index in [4.69, 9.17) is 23.2 Å². The van der Waals surface area contributed by atoms with Crippen molar-refractivity contribution in [2.24, 2.45) is 0 Å². The van der Waals surface area contributed by atoms with Crippen molar-refractivity contribution >= 4 is 29.0 Å². The molecule has 1 aromatic heterocycles. The van der Waals surface area contributed by atoms with Gasteiger partial charge in [0.05, 0.1) is 5.02 Å². The summed E-state index contributed by atoms with van der Waals surface area (Å²) in [4.78, 5) is 6.66. The predicted octanol–water partition coefficient (Wildman–Crippen LogP) is 3.46. The van der Waals surface area contributed by atoms with Crippen molar-refractivity contribution < 1.29 is 0 Å². The Morgan fingerprint density at radius 2 is 2.40 bits per heavy atom. The Morgan fingerprint density at radius 3 is 2.93 bits per heavy atom. The van der Waals surface area contributed by atoms with Crippen molar-refractivity contribution in [1.29, 1.82) is 0 Å². The second-order valence-electron chi connectivity index (χ2n) is 3.97. The molecule has 2 nitrogen and oxygen atoms in total. The van der Waals surface area contributed by atoms with Gasteiger partial charge in [0.1, 0.15) is 5.82 Å². The maximum absolute atomic E-state index is 6.19. The summed E-state index contributed by atoms with van der Waals surface area (Å²) < 4.78 is 0. The number of pyridine rings is 1. The van der Waals surface area contributed by atoms with Crippen LogP contribution in [0, 0.1) is 0 Å². The molecule has 1 unspecified atom stereocenters. The molecule has 0 aromatic carbocycles. The van der Waals surface area contributed by atoms with E-state index in [-0.39, 0.29) is 0 Å². The summed E-state index contributed by atoms with van der Waals surface area (Å²) in [6.45, 7) is 3.26. The highest BCUT2D eigenvalue weighted by molar-refractivity contribution is 6.33. The van der Waals surface area contributed by atoms with Crippen molar-refractivity contribution in [2.45, 2.75) is 31.7 Å². The van der Waals surface area contributed by atoms with Crippen molar-refractivity contribution in [3.8, 4) is 0 Å². The van der Waals surface area contributed by atoms with Gasteiger partial charge >= 0.3 is 0 Å². The zero-order chi connectivity index (χ0) is 10.8. The van der Waals surface area contributed by atoms with E-state index >= 15 is 0 Å². The van der Waals surface area contributed by atoms with Gasteiger partial charge in [0, 0.05) is 24.7 Å². The van der Waals surface area contributed by atoms with E-state index in [1.165, 1.54) is 12.8 Å². The SMILES string of the molecule is CC1CCCN1c1ncc(CCl)cc1Cl. The Morgan fingerprint density at radius 1 is 1.60 bits per heavy atom. The van der Waals surface area contributed by atoms with Gasteiger partial charge in [-0.3, -0.25) is 0 Å². The third-order valence-electron chi connectivity index (χ3n) is 2.86. The normalized spacial score (nSPS) is 21.0. The molecule has 1 aromatic rings. The minimum atomic E-state index is 0.461. The van der Waals surface area contributed by atoms with Crippen LogP contribution in [-0.4, -0.2) is 17.6 Å². The lowest BCUT2D eigenvalue weighted by Gasteiger charge is -2.23. The van der Waals surface area contributed by atoms with Gasteiger partial charge in [-0.1, -0.05) is 11.6 Å². The molecule has 1 atom stereocenters. The van der Waals surface area contributed by atoms with Crippen molar-refractivity contribution in [2.75, 3.05) is 11.4 Å². The van der Waals surface area contributed by atoms with Crippen molar-refractivity contribution in [3.63, 3.8) is 0 Å². The van der Waals surface area contributed by atoms with Crippen molar-refractivity contribution in [3.05, 3.63) is 22.8 Å². The molecular weight excluding hydrogens is 231 g/mol. The maximum Gasteiger partial charge on any atom is 0.147 e. The molecule has 0 N–H and O–H groups in total. The van der Waals surface area contributed by atoms with Crippen molar-refractivity contribution in [1.82, 2.24) is 4.98 Å². The number of hydrogen-bond acceptors (Lipinski definition) is 2. The van der Waals surface area contributed by atoms with Gasteiger partial charge < -0.3 is 4.90 Å². The van der Waals surface area contributed by atoms with Gasteiger partial charge in [-0.25, -0.2) is 4.98 Å². The van der Waals surface area contributed by atoms with Crippen LogP contribution in [0.3, 0.4) is 0 Å². The molecular formula is C11H14Cl2N2. The minimum absolute atomic E-state index is 0.461. The summed E-state index contributed by atoms with van der Waals surface area (Å²) in [5.74, 6) is 1.36. The zero-order valence-electron chi connectivity index (χ0n) is 8.71. The molecule has 4 heteroatoms. The molecule has 82 valence electrons. The van der Waals surface area contributed by atoms with Crippen LogP contribution >= 0.6 is 23.2 Å². The zero-order valence-corrected chi connectivity index (χ0v) is 10.2. The van der Waals surface area contributed by atoms with E-state index in [1.54, 1.807) is 6.20 Å². The number of hydrogen-bond donors (Lipinski definition) is 0. The van der Waals surface area contributed by atoms with Gasteiger partial charge in [0.25, 0.3) is 0 Å². The van der Waals surface area contributed by atoms with E-state index in [0.717, 1.165) is 17.9 Å². The molecule has 0 spiro atoms. The number of halogens is 2. The molecule has 2 heterocycles. The molecule has 15 heavy (non-hydrogen) atoms. The van der Waals surface area contributed by atoms with E-state index in [1.807, 2.05) is 6.07 Å². The summed E-state index contributed by atoms with van der Waals surface area (Å²) in [5, 5.41) is 0.710. The number of aromatic nitrogens is 1. The Kier molecular flexibility index (Phi) is 3.37. The topological polar surface area (TPSA) is 16.1 Å². The summed E-state index contributed by atoms with van der Waals surface area (Å²) in [5.41, 5.74) is 0.970. The second kappa shape index (κ2) is 4.58. The second-order valence-corrected chi connectivity index (χ2v) is 4.64. The van der Waals surface area contributed by atoms with E-state index < -0.39 is 0 Å². The third-order valence-corrected chi connectivity index (χ3v) is 3.44. The Balaban J connectivity index is 2.28. The molecule has 1 aliphatic rings. The molecule has 1 aliphatic heterocycles. The predicted molar refractivity (Wildman–Crippen MR) is 64.8 cm³/mol. The lowest BCUT2D eigenvalue weighted by atomic mass is 10.2. The number of alkyl halides is 1. The highest BCUT2D eigenvalue weighted by Gasteiger charge is 2.23. The lowest BCUT2D eigenvalue weighted by molar-refractivity contribution is 0.727. The quantitative estimate of drug-likeness (QED) is 0.742. The first-order valence-corrected chi connectivity index (χ1v) is 6.10. The van der Waals surface area contributed by atoms with Gasteiger partial charge in [-0.05, 0) is 31.4 Å². The molecule has 0 amide bonds. The standard InChI is InChI=1S/C11H14Cl2N2/c1-8-3-2-4-15(8)11-10(13)5-9(6-12)7-14-11/h5,7-8H,2-4,6H2,1H3. The highest BCUT2D eigenvalue weighted by Crippen LogP contribution is 2.30. The fourth-order valence-electron chi connectivity index (χ4n) is 2.00. The minimum Gasteiger partial charge on any atom is -0.353 e. The molecule has 1 saturated heterocycles. The van der Waals surface area contributed by atoms with E-state index in [0.29, 0.717) is 16.9 Å². The molecule has 0 aliphatic carbocycles. The molecule has 0 bridgehead atoms. The average Bonchev–Trinajstić information content (AvgIpc) is 2.64. The summed E-state index contributed by atoms with van der Waals surface area (Å²) in [6.07, 6.45) is 4.24. The average molecular weight is 245 g/mol. The van der Waals surface area contributed by atoms with Crippen LogP contribution in [0.25, 0.3) is 0 Å². The van der Waals surface area contributed by atoms with Crippen LogP contribution in [-0.2, 0) is 5.88 Å². The molecule has 2 rings (SSSR count). The monoisotopic (exact) mass is 244 g/mol. The fourth-order valence-corrected chi connectivity index (χ4v) is 2.45. The van der Waals surface area contributed by atoms with Crippen LogP contribution in [0.5, 0.6) is 0 Å². The third kappa shape index (κ3) is 2.21. The summed E-state index contributed by atoms with van der Waals surface area (Å²) in [7, 11) is 0. The highest BCUT2D eigenvalue weighted by atomic mass is 35.5. The number of nitrogens with zero attached hydrogens (tertiary/aromatic N) is 2. The number of rotatable bonds is 2. The van der Waals surface area contributed by atoms with E-state index in [2.05, 4.69) is 16.8 Å². The first-order valence-electron chi connectivity index (χ1n) is 5.19. The van der Waals surface area contributed by atoms with Gasteiger partial charge in [-0.2, -0.15) is 0 Å². The Labute approximate surface area is 100 Å². The lowest BCUT2D eigenvalue weighted by Crippen LogP contribution is -2.27. The van der Waals surface area contributed by atoms with Crippen LogP contribution in [0.2, 0.25) is 5.02 Å². The van der Waals surface area contributed by atoms with Gasteiger partial charge in [0.15, 0.2) is 0 Å². The number of anilines is 1. The fraction of sp³-hybridized carbons (Fsp3) is 0.545. The van der Waals surface area contributed by atoms with Crippen LogP contribution in [0.4, 0.5) is 5.82 Å². The Bertz CT molecular complexity index is 354. The molecule has 0 saturated carbocycles. The maximum atomic E-state index is 6.19.